The van der Waals surface area contributed by atoms with Gasteiger partial charge in [0.2, 0.25) is 17.8 Å². The number of anilines is 2. The molecule has 2 heterocycles. The van der Waals surface area contributed by atoms with Gasteiger partial charge in [-0.25, -0.2) is 27.5 Å². The third kappa shape index (κ3) is 6.61. The molecule has 44 heavy (non-hydrogen) atoms. The van der Waals surface area contributed by atoms with Crippen molar-refractivity contribution < 1.29 is 32.3 Å². The van der Waals surface area contributed by atoms with Gasteiger partial charge in [-0.3, -0.25) is 14.5 Å². The second-order valence-corrected chi connectivity index (χ2v) is 11.1. The van der Waals surface area contributed by atoms with Crippen LogP contribution in [0.15, 0.2) is 54.7 Å². The van der Waals surface area contributed by atoms with Crippen LogP contribution in [-0.2, 0) is 9.59 Å². The van der Waals surface area contributed by atoms with Crippen molar-refractivity contribution in [3.8, 4) is 6.07 Å². The molecule has 1 aliphatic carbocycles. The molecule has 2 aliphatic rings. The first-order valence-corrected chi connectivity index (χ1v) is 14.3. The molecule has 1 saturated heterocycles. The highest BCUT2D eigenvalue weighted by Crippen LogP contribution is 2.38. The van der Waals surface area contributed by atoms with Gasteiger partial charge < -0.3 is 15.3 Å². The van der Waals surface area contributed by atoms with Crippen LogP contribution in [0.3, 0.4) is 0 Å². The Hall–Kier alpha value is -4.28. The molecule has 5 rings (SSSR count). The number of carbonyl (C=O) groups excluding carboxylic acids is 2. The van der Waals surface area contributed by atoms with Crippen molar-refractivity contribution in [3.05, 3.63) is 82.6 Å². The Morgan fingerprint density at radius 2 is 1.77 bits per heavy atom. The summed E-state index contributed by atoms with van der Waals surface area (Å²) in [5, 5.41) is 23.0. The molecule has 1 saturated carbocycles. The molecule has 0 radical (unpaired) electrons. The first-order chi connectivity index (χ1) is 21.0. The molecule has 1 aliphatic heterocycles. The maximum Gasteiger partial charge on any atom is 0.250 e. The Morgan fingerprint density at radius 1 is 1.09 bits per heavy atom. The summed E-state index contributed by atoms with van der Waals surface area (Å²) in [6, 6.07) is 8.15. The number of alkyl halides is 2. The van der Waals surface area contributed by atoms with Crippen LogP contribution in [0.1, 0.15) is 55.8 Å². The van der Waals surface area contributed by atoms with E-state index >= 15 is 0 Å². The van der Waals surface area contributed by atoms with Gasteiger partial charge >= 0.3 is 0 Å². The minimum absolute atomic E-state index is 0.0221. The van der Waals surface area contributed by atoms with E-state index in [0.29, 0.717) is 6.07 Å². The Bertz CT molecular complexity index is 1570. The van der Waals surface area contributed by atoms with Crippen LogP contribution in [0.5, 0.6) is 0 Å². The monoisotopic (exact) mass is 630 g/mol. The number of nitriles is 1. The van der Waals surface area contributed by atoms with Crippen molar-refractivity contribution in [1.82, 2.24) is 15.3 Å². The quantitative estimate of drug-likeness (QED) is 0.351. The lowest BCUT2D eigenvalue weighted by molar-refractivity contribution is -0.128. The largest absolute Gasteiger partial charge is 0.373 e. The Morgan fingerprint density at radius 3 is 2.43 bits per heavy atom. The number of benzene rings is 2. The highest BCUT2D eigenvalue weighted by atomic mass is 35.5. The predicted octanol–water partition coefficient (Wildman–Crippen LogP) is 5.04. The highest BCUT2D eigenvalue weighted by molar-refractivity contribution is 6.31. The van der Waals surface area contributed by atoms with Crippen LogP contribution >= 0.6 is 11.6 Å². The normalized spacial score (nSPS) is 20.5. The molecule has 230 valence electrons. The van der Waals surface area contributed by atoms with Crippen molar-refractivity contribution in [3.63, 3.8) is 0 Å². The molecular formula is C30H27ClF4N6O3. The van der Waals surface area contributed by atoms with E-state index in [1.807, 2.05) is 6.07 Å². The SMILES string of the molecule is N#Cc1ccnc(N2C(O)CCC2C(=O)N(c2cc(F)cc(F)c2)C(C(=O)NC2CCC(F)(F)CC2)c2ccccc2Cl)n1. The van der Waals surface area contributed by atoms with Crippen LogP contribution < -0.4 is 15.1 Å². The number of aromatic nitrogens is 2. The van der Waals surface area contributed by atoms with E-state index < -0.39 is 66.6 Å². The summed E-state index contributed by atoms with van der Waals surface area (Å²) in [4.78, 5) is 38.9. The van der Waals surface area contributed by atoms with Crippen molar-refractivity contribution in [2.45, 2.75) is 68.8 Å². The second-order valence-electron chi connectivity index (χ2n) is 10.7. The number of hydrogen-bond donors (Lipinski definition) is 2. The predicted molar refractivity (Wildman–Crippen MR) is 152 cm³/mol. The van der Waals surface area contributed by atoms with E-state index in [9.17, 15) is 37.5 Å². The zero-order valence-electron chi connectivity index (χ0n) is 23.1. The lowest BCUT2D eigenvalue weighted by Gasteiger charge is -2.37. The van der Waals surface area contributed by atoms with Crippen LogP contribution in [0.2, 0.25) is 5.02 Å². The van der Waals surface area contributed by atoms with Gasteiger partial charge in [-0.1, -0.05) is 29.8 Å². The van der Waals surface area contributed by atoms with E-state index in [1.165, 1.54) is 29.3 Å². The third-order valence-electron chi connectivity index (χ3n) is 7.76. The van der Waals surface area contributed by atoms with E-state index in [0.717, 1.165) is 17.0 Å². The van der Waals surface area contributed by atoms with Gasteiger partial charge in [-0.15, -0.1) is 0 Å². The number of carbonyl (C=O) groups is 2. The van der Waals surface area contributed by atoms with Gasteiger partial charge in [0.25, 0.3) is 5.91 Å². The average molecular weight is 631 g/mol. The van der Waals surface area contributed by atoms with Gasteiger partial charge in [-0.05, 0) is 49.9 Å². The Balaban J connectivity index is 1.61. The van der Waals surface area contributed by atoms with Crippen molar-refractivity contribution in [2.24, 2.45) is 0 Å². The Kier molecular flexibility index (Phi) is 9.03. The summed E-state index contributed by atoms with van der Waals surface area (Å²) in [6.07, 6.45) is -0.810. The molecule has 3 unspecified atom stereocenters. The number of nitrogens with one attached hydrogen (secondary N) is 1. The summed E-state index contributed by atoms with van der Waals surface area (Å²) in [5.74, 6) is -6.72. The lowest BCUT2D eigenvalue weighted by atomic mass is 9.91. The molecule has 0 spiro atoms. The van der Waals surface area contributed by atoms with E-state index in [4.69, 9.17) is 11.6 Å². The zero-order chi connectivity index (χ0) is 31.6. The van der Waals surface area contributed by atoms with E-state index in [2.05, 4.69) is 15.3 Å². The summed E-state index contributed by atoms with van der Waals surface area (Å²) in [5.41, 5.74) is -0.245. The maximum absolute atomic E-state index is 14.6. The fraction of sp³-hybridized carbons (Fsp3) is 0.367. The molecule has 3 atom stereocenters. The van der Waals surface area contributed by atoms with Crippen LogP contribution in [0, 0.1) is 23.0 Å². The minimum Gasteiger partial charge on any atom is -0.373 e. The average Bonchev–Trinajstić information content (AvgIpc) is 3.38. The van der Waals surface area contributed by atoms with Crippen LogP contribution in [0.25, 0.3) is 0 Å². The lowest BCUT2D eigenvalue weighted by Crippen LogP contribution is -2.54. The van der Waals surface area contributed by atoms with Gasteiger partial charge in [0.1, 0.15) is 41.7 Å². The van der Waals surface area contributed by atoms with E-state index in [1.54, 1.807) is 12.1 Å². The smallest absolute Gasteiger partial charge is 0.250 e. The highest BCUT2D eigenvalue weighted by Gasteiger charge is 2.45. The first kappa shape index (κ1) is 31.2. The van der Waals surface area contributed by atoms with E-state index in [-0.39, 0.29) is 53.6 Å². The minimum atomic E-state index is -2.86. The maximum atomic E-state index is 14.6. The summed E-state index contributed by atoms with van der Waals surface area (Å²) in [7, 11) is 0. The molecule has 3 aromatic rings. The van der Waals surface area contributed by atoms with Crippen molar-refractivity contribution in [2.75, 3.05) is 9.80 Å². The number of hydrogen-bond acceptors (Lipinski definition) is 7. The third-order valence-corrected chi connectivity index (χ3v) is 8.11. The fourth-order valence-electron chi connectivity index (χ4n) is 5.64. The van der Waals surface area contributed by atoms with Crippen LogP contribution in [0.4, 0.5) is 29.2 Å². The molecule has 2 aromatic carbocycles. The fourth-order valence-corrected chi connectivity index (χ4v) is 5.88. The zero-order valence-corrected chi connectivity index (χ0v) is 23.9. The number of rotatable bonds is 7. The number of halogens is 5. The molecule has 0 bridgehead atoms. The standard InChI is InChI=1S/C30H27ClF4N6O3/c31-23-4-2-1-3-22(23)26(27(43)38-19-7-10-30(34,35)11-8-19)40(21-14-17(32)13-18(33)15-21)28(44)24-5-6-25(42)41(24)29-37-12-9-20(16-36)39-29/h1-4,9,12-15,19,24-26,42H,5-8,10-11H2,(H,38,43). The number of aliphatic hydroxyl groups is 1. The van der Waals surface area contributed by atoms with Gasteiger partial charge in [0.15, 0.2) is 0 Å². The molecule has 2 N–H and O–H groups in total. The number of amides is 2. The van der Waals surface area contributed by atoms with Gasteiger partial charge in [0, 0.05) is 41.7 Å². The second kappa shape index (κ2) is 12.8. The van der Waals surface area contributed by atoms with Crippen LogP contribution in [-0.4, -0.2) is 51.1 Å². The van der Waals surface area contributed by atoms with Gasteiger partial charge in [-0.2, -0.15) is 5.26 Å². The summed E-state index contributed by atoms with van der Waals surface area (Å²) in [6.45, 7) is 0. The topological polar surface area (TPSA) is 122 Å². The molecule has 9 nitrogen and oxygen atoms in total. The summed E-state index contributed by atoms with van der Waals surface area (Å²) < 4.78 is 57.0. The van der Waals surface area contributed by atoms with Crippen molar-refractivity contribution >= 4 is 35.1 Å². The molecule has 14 heteroatoms. The molecule has 2 fully saturated rings. The number of nitrogens with zero attached hydrogens (tertiary/aromatic N) is 5. The molecule has 1 aromatic heterocycles. The Labute approximate surface area is 255 Å². The number of aliphatic hydroxyl groups excluding tert-OH is 1. The molecular weight excluding hydrogens is 604 g/mol. The molecule has 2 amide bonds. The van der Waals surface area contributed by atoms with Gasteiger partial charge in [0.05, 0.1) is 5.69 Å². The first-order valence-electron chi connectivity index (χ1n) is 13.9. The summed E-state index contributed by atoms with van der Waals surface area (Å²) >= 11 is 6.52. The van der Waals surface area contributed by atoms with Crippen molar-refractivity contribution in [1.29, 1.82) is 5.26 Å².